The molecule has 0 aromatic heterocycles. The van der Waals surface area contributed by atoms with E-state index >= 15 is 0 Å². The SMILES string of the molecule is CCNC(=NCc1ccc(F)c(Cl)c1)NCC1CCCO1. The number of ether oxygens (including phenoxy) is 1. The van der Waals surface area contributed by atoms with Crippen molar-refractivity contribution >= 4 is 17.6 Å². The number of guanidine groups is 1. The minimum Gasteiger partial charge on any atom is -0.376 e. The molecule has 0 amide bonds. The van der Waals surface area contributed by atoms with E-state index in [1.807, 2.05) is 6.92 Å². The highest BCUT2D eigenvalue weighted by atomic mass is 35.5. The minimum atomic E-state index is -0.409. The maximum atomic E-state index is 13.1. The summed E-state index contributed by atoms with van der Waals surface area (Å²) in [6.45, 7) is 4.82. The van der Waals surface area contributed by atoms with Crippen molar-refractivity contribution in [2.24, 2.45) is 4.99 Å². The second kappa shape index (κ2) is 8.20. The first kappa shape index (κ1) is 16.0. The molecular formula is C15H21ClFN3O. The largest absolute Gasteiger partial charge is 0.376 e. The minimum absolute atomic E-state index is 0.125. The van der Waals surface area contributed by atoms with Crippen LogP contribution in [0.25, 0.3) is 0 Å². The molecule has 6 heteroatoms. The van der Waals surface area contributed by atoms with Gasteiger partial charge in [0.2, 0.25) is 0 Å². The highest BCUT2D eigenvalue weighted by Crippen LogP contribution is 2.16. The lowest BCUT2D eigenvalue weighted by molar-refractivity contribution is 0.114. The molecule has 1 fully saturated rings. The van der Waals surface area contributed by atoms with Gasteiger partial charge in [-0.25, -0.2) is 9.38 Å². The number of hydrogen-bond acceptors (Lipinski definition) is 2. The van der Waals surface area contributed by atoms with Crippen molar-refractivity contribution in [3.05, 3.63) is 34.6 Å². The summed E-state index contributed by atoms with van der Waals surface area (Å²) in [5.41, 5.74) is 0.871. The summed E-state index contributed by atoms with van der Waals surface area (Å²) in [4.78, 5) is 4.47. The highest BCUT2D eigenvalue weighted by Gasteiger charge is 2.15. The molecule has 1 heterocycles. The summed E-state index contributed by atoms with van der Waals surface area (Å²) in [6.07, 6.45) is 2.46. The van der Waals surface area contributed by atoms with E-state index in [2.05, 4.69) is 15.6 Å². The zero-order valence-electron chi connectivity index (χ0n) is 12.2. The summed E-state index contributed by atoms with van der Waals surface area (Å²) >= 11 is 5.77. The van der Waals surface area contributed by atoms with Gasteiger partial charge in [0.25, 0.3) is 0 Å². The van der Waals surface area contributed by atoms with Crippen LogP contribution in [-0.2, 0) is 11.3 Å². The van der Waals surface area contributed by atoms with E-state index in [4.69, 9.17) is 16.3 Å². The summed E-state index contributed by atoms with van der Waals surface area (Å²) < 4.78 is 18.7. The average molecular weight is 314 g/mol. The Balaban J connectivity index is 1.90. The first-order chi connectivity index (χ1) is 10.2. The lowest BCUT2D eigenvalue weighted by atomic mass is 10.2. The number of halogens is 2. The van der Waals surface area contributed by atoms with E-state index in [0.29, 0.717) is 6.54 Å². The van der Waals surface area contributed by atoms with Crippen LogP contribution in [0, 0.1) is 5.82 Å². The number of nitrogens with zero attached hydrogens (tertiary/aromatic N) is 1. The van der Waals surface area contributed by atoms with Crippen molar-refractivity contribution in [1.82, 2.24) is 10.6 Å². The Bertz CT molecular complexity index is 490. The fraction of sp³-hybridized carbons (Fsp3) is 0.533. The third-order valence-electron chi connectivity index (χ3n) is 3.27. The maximum absolute atomic E-state index is 13.1. The molecular weight excluding hydrogens is 293 g/mol. The smallest absolute Gasteiger partial charge is 0.191 e. The van der Waals surface area contributed by atoms with E-state index in [1.54, 1.807) is 12.1 Å². The zero-order valence-corrected chi connectivity index (χ0v) is 12.9. The third-order valence-corrected chi connectivity index (χ3v) is 3.56. The van der Waals surface area contributed by atoms with Gasteiger partial charge in [0, 0.05) is 19.7 Å². The molecule has 1 unspecified atom stereocenters. The van der Waals surface area contributed by atoms with Crippen molar-refractivity contribution in [3.8, 4) is 0 Å². The van der Waals surface area contributed by atoms with Crippen molar-refractivity contribution in [3.63, 3.8) is 0 Å². The monoisotopic (exact) mass is 313 g/mol. The first-order valence-corrected chi connectivity index (χ1v) is 7.64. The Kier molecular flexibility index (Phi) is 6.26. The molecule has 1 saturated heterocycles. The van der Waals surface area contributed by atoms with Gasteiger partial charge < -0.3 is 15.4 Å². The highest BCUT2D eigenvalue weighted by molar-refractivity contribution is 6.30. The lowest BCUT2D eigenvalue weighted by Crippen LogP contribution is -2.41. The van der Waals surface area contributed by atoms with Crippen molar-refractivity contribution in [2.45, 2.75) is 32.4 Å². The van der Waals surface area contributed by atoms with Crippen LogP contribution in [-0.4, -0.2) is 31.8 Å². The van der Waals surface area contributed by atoms with Gasteiger partial charge in [-0.3, -0.25) is 0 Å². The van der Waals surface area contributed by atoms with Gasteiger partial charge in [0.05, 0.1) is 17.7 Å². The quantitative estimate of drug-likeness (QED) is 0.649. The number of benzene rings is 1. The van der Waals surface area contributed by atoms with E-state index in [9.17, 15) is 4.39 Å². The Morgan fingerprint density at radius 1 is 1.48 bits per heavy atom. The maximum Gasteiger partial charge on any atom is 0.191 e. The van der Waals surface area contributed by atoms with Gasteiger partial charge in [-0.2, -0.15) is 0 Å². The molecule has 1 aliphatic heterocycles. The number of aliphatic imine (C=N–C) groups is 1. The van der Waals surface area contributed by atoms with Gasteiger partial charge in [0.15, 0.2) is 5.96 Å². The topological polar surface area (TPSA) is 45.7 Å². The van der Waals surface area contributed by atoms with Crippen LogP contribution in [0.2, 0.25) is 5.02 Å². The molecule has 0 saturated carbocycles. The number of rotatable bonds is 5. The fourth-order valence-electron chi connectivity index (χ4n) is 2.17. The number of hydrogen-bond donors (Lipinski definition) is 2. The zero-order chi connectivity index (χ0) is 15.1. The van der Waals surface area contributed by atoms with E-state index < -0.39 is 5.82 Å². The molecule has 4 nitrogen and oxygen atoms in total. The second-order valence-electron chi connectivity index (χ2n) is 4.96. The fourth-order valence-corrected chi connectivity index (χ4v) is 2.37. The Morgan fingerprint density at radius 3 is 3.00 bits per heavy atom. The molecule has 21 heavy (non-hydrogen) atoms. The van der Waals surface area contributed by atoms with Crippen LogP contribution in [0.15, 0.2) is 23.2 Å². The van der Waals surface area contributed by atoms with Crippen LogP contribution >= 0.6 is 11.6 Å². The second-order valence-corrected chi connectivity index (χ2v) is 5.37. The van der Waals surface area contributed by atoms with Crippen molar-refractivity contribution in [1.29, 1.82) is 0 Å². The molecule has 0 radical (unpaired) electrons. The lowest BCUT2D eigenvalue weighted by Gasteiger charge is -2.14. The average Bonchev–Trinajstić information content (AvgIpc) is 2.99. The molecule has 1 aromatic carbocycles. The predicted molar refractivity (Wildman–Crippen MR) is 83.2 cm³/mol. The van der Waals surface area contributed by atoms with Gasteiger partial charge in [-0.15, -0.1) is 0 Å². The molecule has 0 bridgehead atoms. The number of nitrogens with one attached hydrogen (secondary N) is 2. The predicted octanol–water partition coefficient (Wildman–Crippen LogP) is 2.71. The summed E-state index contributed by atoms with van der Waals surface area (Å²) in [5.74, 6) is 0.321. The molecule has 0 aliphatic carbocycles. The molecule has 1 aromatic rings. The summed E-state index contributed by atoms with van der Waals surface area (Å²) in [7, 11) is 0. The van der Waals surface area contributed by atoms with Gasteiger partial charge in [0.1, 0.15) is 5.82 Å². The summed E-state index contributed by atoms with van der Waals surface area (Å²) in [6, 6.07) is 4.65. The molecule has 0 spiro atoms. The Labute approximate surface area is 129 Å². The van der Waals surface area contributed by atoms with Crippen LogP contribution in [0.5, 0.6) is 0 Å². The van der Waals surface area contributed by atoms with Crippen LogP contribution in [0.1, 0.15) is 25.3 Å². The standard InChI is InChI=1S/C15H21ClFN3O/c1-2-18-15(20-10-12-4-3-7-21-12)19-9-11-5-6-14(17)13(16)8-11/h5-6,8,12H,2-4,7,9-10H2,1H3,(H2,18,19,20). The van der Waals surface area contributed by atoms with E-state index in [0.717, 1.165) is 44.1 Å². The summed E-state index contributed by atoms with van der Waals surface area (Å²) in [5, 5.41) is 6.57. The van der Waals surface area contributed by atoms with Crippen LogP contribution < -0.4 is 10.6 Å². The van der Waals surface area contributed by atoms with Crippen molar-refractivity contribution in [2.75, 3.05) is 19.7 Å². The van der Waals surface area contributed by atoms with Gasteiger partial charge in [-0.05, 0) is 37.5 Å². The van der Waals surface area contributed by atoms with Gasteiger partial charge in [-0.1, -0.05) is 17.7 Å². The first-order valence-electron chi connectivity index (χ1n) is 7.26. The van der Waals surface area contributed by atoms with E-state index in [1.165, 1.54) is 6.07 Å². The molecule has 1 atom stereocenters. The van der Waals surface area contributed by atoms with Crippen LogP contribution in [0.4, 0.5) is 4.39 Å². The van der Waals surface area contributed by atoms with Crippen molar-refractivity contribution < 1.29 is 9.13 Å². The Morgan fingerprint density at radius 2 is 2.33 bits per heavy atom. The molecule has 2 rings (SSSR count). The molecule has 116 valence electrons. The van der Waals surface area contributed by atoms with E-state index in [-0.39, 0.29) is 11.1 Å². The molecule has 2 N–H and O–H groups in total. The van der Waals surface area contributed by atoms with Gasteiger partial charge >= 0.3 is 0 Å². The normalized spacial score (nSPS) is 18.8. The van der Waals surface area contributed by atoms with Crippen LogP contribution in [0.3, 0.4) is 0 Å². The molecule has 1 aliphatic rings. The third kappa shape index (κ3) is 5.17. The Hall–Kier alpha value is -1.33.